The minimum Gasteiger partial charge on any atom is -0.496 e. The van der Waals surface area contributed by atoms with E-state index in [4.69, 9.17) is 18.9 Å². The van der Waals surface area contributed by atoms with Crippen LogP contribution in [0.1, 0.15) is 89.1 Å². The third kappa shape index (κ3) is 6.53. The van der Waals surface area contributed by atoms with Crippen LogP contribution in [0.15, 0.2) is 60.2 Å². The molecule has 344 valence electrons. The Balaban J connectivity index is 1.30. The number of likely N-dealkylation sites (N-methyl/N-ethyl adjacent to an activating group) is 1. The van der Waals surface area contributed by atoms with Crippen LogP contribution in [-0.2, 0) is 41.1 Å². The molecule has 64 heavy (non-hydrogen) atoms. The maximum atomic E-state index is 15.4. The largest absolute Gasteiger partial charge is 0.496 e. The molecule has 0 radical (unpaired) electrons. The van der Waals surface area contributed by atoms with Gasteiger partial charge < -0.3 is 39.3 Å². The number of alkyl carbamates (subject to hydrolysis) is 1. The van der Waals surface area contributed by atoms with E-state index in [-0.39, 0.29) is 17.9 Å². The second-order valence-electron chi connectivity index (χ2n) is 19.9. The van der Waals surface area contributed by atoms with Gasteiger partial charge in [-0.2, -0.15) is 0 Å². The summed E-state index contributed by atoms with van der Waals surface area (Å²) in [6, 6.07) is 11.6. The molecule has 1 saturated heterocycles. The fourth-order valence-corrected chi connectivity index (χ4v) is 13.7. The summed E-state index contributed by atoms with van der Waals surface area (Å²) in [6.07, 6.45) is 9.04. The number of hydrogen-bond donors (Lipinski definition) is 3. The van der Waals surface area contributed by atoms with E-state index in [9.17, 15) is 14.7 Å². The first-order valence-electron chi connectivity index (χ1n) is 23.5. The molecule has 1 aliphatic carbocycles. The van der Waals surface area contributed by atoms with Crippen LogP contribution in [0.5, 0.6) is 5.75 Å². The normalized spacial score (nSPS) is 32.6. The summed E-state index contributed by atoms with van der Waals surface area (Å²) in [5.74, 6) is 0.0460. The number of aliphatic hydroxyl groups is 1. The number of nitrogens with zero attached hydrogens (tertiary/aromatic N) is 3. The van der Waals surface area contributed by atoms with Gasteiger partial charge in [0.05, 0.1) is 20.3 Å². The zero-order chi connectivity index (χ0) is 45.3. The van der Waals surface area contributed by atoms with Crippen LogP contribution in [0.4, 0.5) is 10.5 Å². The van der Waals surface area contributed by atoms with Gasteiger partial charge in [-0.25, -0.2) is 4.79 Å². The second kappa shape index (κ2) is 16.5. The van der Waals surface area contributed by atoms with Crippen LogP contribution in [0.2, 0.25) is 0 Å². The number of nitrogens with one attached hydrogen (secondary N) is 2. The Bertz CT molecular complexity index is 2390. The lowest BCUT2D eigenvalue weighted by molar-refractivity contribution is -0.228. The van der Waals surface area contributed by atoms with Crippen molar-refractivity contribution >= 4 is 34.6 Å². The van der Waals surface area contributed by atoms with Crippen molar-refractivity contribution in [3.8, 4) is 5.75 Å². The molecule has 13 heteroatoms. The third-order valence-corrected chi connectivity index (χ3v) is 16.1. The fourth-order valence-electron chi connectivity index (χ4n) is 13.7. The Morgan fingerprint density at radius 3 is 2.58 bits per heavy atom. The van der Waals surface area contributed by atoms with E-state index >= 15 is 4.79 Å². The number of carbonyl (C=O) groups excluding carboxylic acids is 3. The highest BCUT2D eigenvalue weighted by atomic mass is 16.6. The molecule has 2 fully saturated rings. The number of para-hydroxylation sites is 1. The number of ether oxygens (including phenoxy) is 4. The van der Waals surface area contributed by atoms with Gasteiger partial charge >= 0.3 is 18.0 Å². The molecule has 5 aliphatic heterocycles. The first kappa shape index (κ1) is 44.4. The quantitative estimate of drug-likeness (QED) is 0.112. The zero-order valence-electron chi connectivity index (χ0n) is 38.9. The maximum absolute atomic E-state index is 15.4. The molecule has 9 rings (SSSR count). The number of methoxy groups -OCH3 is 2. The minimum atomic E-state index is -1.89. The van der Waals surface area contributed by atoms with E-state index in [0.29, 0.717) is 49.6 Å². The van der Waals surface area contributed by atoms with Gasteiger partial charge in [0.15, 0.2) is 5.60 Å². The van der Waals surface area contributed by atoms with Gasteiger partial charge in [-0.05, 0) is 80.2 Å². The van der Waals surface area contributed by atoms with E-state index in [1.54, 1.807) is 7.11 Å². The van der Waals surface area contributed by atoms with Gasteiger partial charge in [0, 0.05) is 97.5 Å². The number of rotatable bonds is 11. The van der Waals surface area contributed by atoms with Gasteiger partial charge in [0.2, 0.25) is 0 Å². The Kier molecular flexibility index (Phi) is 11.5. The van der Waals surface area contributed by atoms with Crippen molar-refractivity contribution in [1.82, 2.24) is 20.1 Å². The first-order valence-corrected chi connectivity index (χ1v) is 23.5. The van der Waals surface area contributed by atoms with Crippen LogP contribution in [0, 0.1) is 17.3 Å². The number of aromatic amines is 1. The molecule has 1 saturated carbocycles. The molecule has 13 nitrogen and oxygen atoms in total. The first-order chi connectivity index (χ1) is 30.7. The summed E-state index contributed by atoms with van der Waals surface area (Å²) < 4.78 is 24.9. The second-order valence-corrected chi connectivity index (χ2v) is 19.9. The van der Waals surface area contributed by atoms with E-state index < -0.39 is 52.7 Å². The summed E-state index contributed by atoms with van der Waals surface area (Å²) in [5.41, 5.74) is 1.88. The zero-order valence-corrected chi connectivity index (χ0v) is 38.9. The molecule has 1 amide bonds. The molecule has 3 aromatic rings. The number of aromatic nitrogens is 1. The number of amides is 1. The Morgan fingerprint density at radius 1 is 1.06 bits per heavy atom. The lowest BCUT2D eigenvalue weighted by Crippen LogP contribution is -2.80. The molecule has 6 aliphatic rings. The van der Waals surface area contributed by atoms with Crippen molar-refractivity contribution in [2.75, 3.05) is 72.0 Å². The summed E-state index contributed by atoms with van der Waals surface area (Å²) in [4.78, 5) is 53.0. The Morgan fingerprint density at radius 2 is 1.86 bits per heavy atom. The highest BCUT2D eigenvalue weighted by molar-refractivity contribution is 5.94. The molecular weight excluding hydrogens is 811 g/mol. The third-order valence-electron chi connectivity index (χ3n) is 16.1. The van der Waals surface area contributed by atoms with Crippen LogP contribution in [0.25, 0.3) is 10.9 Å². The molecule has 6 heterocycles. The van der Waals surface area contributed by atoms with Gasteiger partial charge in [0.25, 0.3) is 0 Å². The van der Waals surface area contributed by atoms with Crippen molar-refractivity contribution in [2.24, 2.45) is 17.3 Å². The van der Waals surface area contributed by atoms with Crippen molar-refractivity contribution < 1.29 is 38.4 Å². The van der Waals surface area contributed by atoms with Gasteiger partial charge in [0.1, 0.15) is 23.9 Å². The molecular formula is C51H67N5O8. The maximum Gasteiger partial charge on any atom is 0.407 e. The Hall–Kier alpha value is -4.85. The lowest BCUT2D eigenvalue weighted by atomic mass is 9.47. The smallest absolute Gasteiger partial charge is 0.407 e. The van der Waals surface area contributed by atoms with Crippen molar-refractivity contribution in [3.05, 3.63) is 82.6 Å². The topological polar surface area (TPSA) is 146 Å². The van der Waals surface area contributed by atoms with Gasteiger partial charge in [-0.1, -0.05) is 69.7 Å². The molecule has 1 aromatic heterocycles. The Labute approximate surface area is 377 Å². The summed E-state index contributed by atoms with van der Waals surface area (Å²) >= 11 is 0. The number of fused-ring (bicyclic) bond motifs is 6. The van der Waals surface area contributed by atoms with Crippen LogP contribution in [-0.4, -0.2) is 129 Å². The summed E-state index contributed by atoms with van der Waals surface area (Å²) in [6.45, 7) is 13.8. The van der Waals surface area contributed by atoms with Gasteiger partial charge in [-0.3, -0.25) is 19.4 Å². The molecule has 9 atom stereocenters. The number of esters is 2. The number of carbonyl (C=O) groups is 3. The van der Waals surface area contributed by atoms with E-state index in [1.807, 2.05) is 19.2 Å². The van der Waals surface area contributed by atoms with E-state index in [2.05, 4.69) is 95.2 Å². The van der Waals surface area contributed by atoms with Crippen LogP contribution in [0.3, 0.4) is 0 Å². The number of anilines is 1. The van der Waals surface area contributed by atoms with E-state index in [1.165, 1.54) is 19.6 Å². The number of H-pyrrole nitrogens is 1. The highest BCUT2D eigenvalue weighted by Gasteiger charge is 2.78. The summed E-state index contributed by atoms with van der Waals surface area (Å²) in [7, 11) is 5.10. The van der Waals surface area contributed by atoms with Crippen LogP contribution >= 0.6 is 0 Å². The predicted molar refractivity (Wildman–Crippen MR) is 246 cm³/mol. The molecule has 2 aromatic carbocycles. The number of benzene rings is 2. The molecule has 2 unspecified atom stereocenters. The average molecular weight is 878 g/mol. The minimum absolute atomic E-state index is 0.0259. The average Bonchev–Trinajstić information content (AvgIpc) is 3.95. The highest BCUT2D eigenvalue weighted by Crippen LogP contribution is 2.68. The SMILES string of the molecule is CCC1=C[C@@H]2CN(CCc3c([nH]c4ccccc34)[C@@](C(=O)OC)(c3cc4c(cc3OC)N(C)[C@H]3C(O)(COC(=O)NCCC(C)C)[C@H](OC(C)=O)[C@]5(CC)C=CCN6CC[C@]43[C@@H]65)C2)C1. The fraction of sp³-hybridized carbons (Fsp3) is 0.588. The van der Waals surface area contributed by atoms with Crippen molar-refractivity contribution in [2.45, 2.75) is 108 Å². The molecule has 1 spiro atoms. The van der Waals surface area contributed by atoms with Crippen molar-refractivity contribution in [1.29, 1.82) is 0 Å². The monoisotopic (exact) mass is 877 g/mol. The lowest BCUT2D eigenvalue weighted by Gasteiger charge is -2.64. The van der Waals surface area contributed by atoms with Crippen LogP contribution < -0.4 is 15.0 Å². The molecule has 2 bridgehead atoms. The molecule has 3 N–H and O–H groups in total. The van der Waals surface area contributed by atoms with E-state index in [0.717, 1.165) is 78.9 Å². The standard InChI is InChI=1S/C51H67N5O8/c1-9-33-24-34-27-50(46(58)62-8,42-36(17-22-55(28-33)29-34)35-14-11-12-15-39(35)53-42)38-25-37-40(26-41(38)61-7)54(6)44-49(37)19-23-56-21-13-18-48(10-2,43(49)56)45(64-32(5)57)51(44,60)30-63-47(59)52-20-16-31(3)4/h11-15,18,24-26,31,34,43-45,53,60H,9-10,16-17,19-23,27-30H2,1-8H3,(H,52,59)/t34-,43-,44+,45+,48+,49+,50-,51?/m0/s1. The predicted octanol–water partition coefficient (Wildman–Crippen LogP) is 6.40. The van der Waals surface area contributed by atoms with Gasteiger partial charge in [-0.15, -0.1) is 0 Å². The summed E-state index contributed by atoms with van der Waals surface area (Å²) in [5, 5.41) is 17.7. The number of hydrogen-bond acceptors (Lipinski definition) is 11. The van der Waals surface area contributed by atoms with Crippen molar-refractivity contribution in [3.63, 3.8) is 0 Å².